The topological polar surface area (TPSA) is 90.6 Å². The van der Waals surface area contributed by atoms with Crippen LogP contribution in [0.1, 0.15) is 28.8 Å². The quantitative estimate of drug-likeness (QED) is 0.162. The summed E-state index contributed by atoms with van der Waals surface area (Å²) < 4.78 is 12.7. The number of thiophene rings is 1. The highest BCUT2D eigenvalue weighted by atomic mass is 32.2. The Labute approximate surface area is 238 Å². The van der Waals surface area contributed by atoms with Gasteiger partial charge in [0.1, 0.15) is 16.3 Å². The molecule has 2 aromatic carbocycles. The molecule has 1 amide bonds. The lowest BCUT2D eigenvalue weighted by atomic mass is 9.97. The van der Waals surface area contributed by atoms with E-state index in [1.165, 1.54) is 40.6 Å². The number of amides is 1. The minimum absolute atomic E-state index is 0.165. The second-order valence-electron chi connectivity index (χ2n) is 9.10. The SMILES string of the molecule is COc1ccc(NC(=O)CSc2nnc3c4c5c(sc4nc(SCc4ccccc4)n23)CCCC5)c(OC)c1. The molecule has 1 aliphatic carbocycles. The van der Waals surface area contributed by atoms with Crippen molar-refractivity contribution >= 4 is 62.3 Å². The first kappa shape index (κ1) is 26.0. The predicted molar refractivity (Wildman–Crippen MR) is 158 cm³/mol. The van der Waals surface area contributed by atoms with Crippen molar-refractivity contribution in [3.8, 4) is 11.5 Å². The molecule has 0 saturated carbocycles. The van der Waals surface area contributed by atoms with Gasteiger partial charge in [-0.2, -0.15) is 0 Å². The number of hydrogen-bond acceptors (Lipinski definition) is 9. The zero-order valence-electron chi connectivity index (χ0n) is 21.6. The van der Waals surface area contributed by atoms with Crippen molar-refractivity contribution in [2.45, 2.75) is 41.7 Å². The van der Waals surface area contributed by atoms with Gasteiger partial charge in [0.15, 0.2) is 16.0 Å². The fraction of sp³-hybridized carbons (Fsp3) is 0.286. The van der Waals surface area contributed by atoms with E-state index in [0.29, 0.717) is 22.3 Å². The van der Waals surface area contributed by atoms with E-state index in [1.807, 2.05) is 22.6 Å². The van der Waals surface area contributed by atoms with Gasteiger partial charge < -0.3 is 14.8 Å². The predicted octanol–water partition coefficient (Wildman–Crippen LogP) is 6.26. The number of fused-ring (bicyclic) bond motifs is 5. The van der Waals surface area contributed by atoms with Crippen LogP contribution in [-0.2, 0) is 23.4 Å². The number of nitrogens with zero attached hydrogens (tertiary/aromatic N) is 4. The Bertz CT molecular complexity index is 1650. The van der Waals surface area contributed by atoms with Crippen LogP contribution >= 0.6 is 34.9 Å². The van der Waals surface area contributed by atoms with Crippen LogP contribution in [0.15, 0.2) is 58.8 Å². The molecule has 3 aromatic heterocycles. The van der Waals surface area contributed by atoms with E-state index in [2.05, 4.69) is 27.6 Å². The fourth-order valence-electron chi connectivity index (χ4n) is 4.73. The summed E-state index contributed by atoms with van der Waals surface area (Å²) in [5.74, 6) is 1.97. The van der Waals surface area contributed by atoms with Crippen LogP contribution in [0.2, 0.25) is 0 Å². The minimum atomic E-state index is -0.166. The number of anilines is 1. The molecule has 0 radical (unpaired) electrons. The molecule has 8 nitrogen and oxygen atoms in total. The van der Waals surface area contributed by atoms with Crippen molar-refractivity contribution in [3.63, 3.8) is 0 Å². The Kier molecular flexibility index (Phi) is 7.62. The van der Waals surface area contributed by atoms with Crippen molar-refractivity contribution in [2.24, 2.45) is 0 Å². The van der Waals surface area contributed by atoms with Gasteiger partial charge in [0, 0.05) is 16.7 Å². The van der Waals surface area contributed by atoms with Crippen molar-refractivity contribution in [1.29, 1.82) is 0 Å². The third-order valence-corrected chi connectivity index (χ3v) is 9.75. The molecule has 11 heteroatoms. The summed E-state index contributed by atoms with van der Waals surface area (Å²) in [5, 5.41) is 14.7. The maximum absolute atomic E-state index is 12.9. The van der Waals surface area contributed by atoms with Crippen LogP contribution in [0.4, 0.5) is 5.69 Å². The molecule has 3 heterocycles. The summed E-state index contributed by atoms with van der Waals surface area (Å²) in [5.41, 5.74) is 4.00. The summed E-state index contributed by atoms with van der Waals surface area (Å²) in [6.45, 7) is 0. The van der Waals surface area contributed by atoms with E-state index in [-0.39, 0.29) is 11.7 Å². The number of thioether (sulfide) groups is 2. The molecular weight excluding hydrogens is 551 g/mol. The second kappa shape index (κ2) is 11.4. The van der Waals surface area contributed by atoms with Gasteiger partial charge in [0.2, 0.25) is 5.91 Å². The number of aryl methyl sites for hydroxylation is 2. The van der Waals surface area contributed by atoms with Crippen LogP contribution in [0.3, 0.4) is 0 Å². The first-order chi connectivity index (χ1) is 19.1. The Morgan fingerprint density at radius 2 is 1.87 bits per heavy atom. The van der Waals surface area contributed by atoms with Gasteiger partial charge in [-0.05, 0) is 48.9 Å². The van der Waals surface area contributed by atoms with E-state index in [9.17, 15) is 4.79 Å². The zero-order chi connectivity index (χ0) is 26.8. The molecule has 0 aliphatic heterocycles. The molecule has 0 bridgehead atoms. The van der Waals surface area contributed by atoms with Crippen LogP contribution in [0.25, 0.3) is 15.9 Å². The number of hydrogen-bond donors (Lipinski definition) is 1. The summed E-state index contributed by atoms with van der Waals surface area (Å²) in [4.78, 5) is 20.5. The molecule has 0 unspecified atom stereocenters. The Hall–Kier alpha value is -3.28. The van der Waals surface area contributed by atoms with Crippen LogP contribution in [0.5, 0.6) is 11.5 Å². The van der Waals surface area contributed by atoms with Gasteiger partial charge in [0.05, 0.1) is 31.0 Å². The summed E-state index contributed by atoms with van der Waals surface area (Å²) >= 11 is 4.80. The van der Waals surface area contributed by atoms with E-state index >= 15 is 0 Å². The third kappa shape index (κ3) is 5.30. The normalized spacial score (nSPS) is 13.0. The van der Waals surface area contributed by atoms with Gasteiger partial charge in [-0.3, -0.25) is 4.79 Å². The van der Waals surface area contributed by atoms with Crippen molar-refractivity contribution in [2.75, 3.05) is 25.3 Å². The number of aromatic nitrogens is 4. The first-order valence-electron chi connectivity index (χ1n) is 12.7. The molecule has 1 aliphatic rings. The molecular formula is C28H27N5O3S3. The standard InChI is InChI=1S/C28H27N5O3S3/c1-35-18-12-13-20(21(14-18)36-2)29-23(34)16-38-28-32-31-25-24-19-10-6-7-11-22(19)39-26(24)30-27(33(25)28)37-15-17-8-4-3-5-9-17/h3-5,8-9,12-14H,6-7,10-11,15-16H2,1-2H3,(H,29,34). The number of ether oxygens (including phenoxy) is 2. The van der Waals surface area contributed by atoms with Gasteiger partial charge in [-0.1, -0.05) is 53.9 Å². The fourth-order valence-corrected chi connectivity index (χ4v) is 7.78. The largest absolute Gasteiger partial charge is 0.497 e. The molecule has 0 spiro atoms. The van der Waals surface area contributed by atoms with Crippen LogP contribution in [0, 0.1) is 0 Å². The minimum Gasteiger partial charge on any atom is -0.497 e. The lowest BCUT2D eigenvalue weighted by molar-refractivity contribution is -0.113. The van der Waals surface area contributed by atoms with Gasteiger partial charge in [-0.15, -0.1) is 21.5 Å². The molecule has 1 N–H and O–H groups in total. The lowest BCUT2D eigenvalue weighted by Gasteiger charge is -2.12. The zero-order valence-corrected chi connectivity index (χ0v) is 24.0. The molecule has 200 valence electrons. The highest BCUT2D eigenvalue weighted by molar-refractivity contribution is 8.00. The summed E-state index contributed by atoms with van der Waals surface area (Å²) in [7, 11) is 3.15. The van der Waals surface area contributed by atoms with Crippen molar-refractivity contribution < 1.29 is 14.3 Å². The highest BCUT2D eigenvalue weighted by Crippen LogP contribution is 2.40. The van der Waals surface area contributed by atoms with E-state index in [4.69, 9.17) is 14.5 Å². The van der Waals surface area contributed by atoms with Crippen LogP contribution < -0.4 is 14.8 Å². The number of carbonyl (C=O) groups is 1. The average Bonchev–Trinajstić information content (AvgIpc) is 3.56. The maximum atomic E-state index is 12.9. The smallest absolute Gasteiger partial charge is 0.234 e. The van der Waals surface area contributed by atoms with Gasteiger partial charge >= 0.3 is 0 Å². The first-order valence-corrected chi connectivity index (χ1v) is 15.4. The molecule has 0 atom stereocenters. The molecule has 39 heavy (non-hydrogen) atoms. The maximum Gasteiger partial charge on any atom is 0.234 e. The molecule has 0 fully saturated rings. The summed E-state index contributed by atoms with van der Waals surface area (Å²) in [6, 6.07) is 15.6. The van der Waals surface area contributed by atoms with E-state index in [0.717, 1.165) is 39.6 Å². The lowest BCUT2D eigenvalue weighted by Crippen LogP contribution is -2.15. The van der Waals surface area contributed by atoms with E-state index < -0.39 is 0 Å². The van der Waals surface area contributed by atoms with Crippen LogP contribution in [-0.4, -0.2) is 45.5 Å². The van der Waals surface area contributed by atoms with E-state index in [1.54, 1.807) is 55.5 Å². The molecule has 6 rings (SSSR count). The van der Waals surface area contributed by atoms with Crippen molar-refractivity contribution in [3.05, 3.63) is 64.5 Å². The van der Waals surface area contributed by atoms with Crippen molar-refractivity contribution in [1.82, 2.24) is 19.6 Å². The number of rotatable bonds is 9. The average molecular weight is 578 g/mol. The monoisotopic (exact) mass is 577 g/mol. The summed E-state index contributed by atoms with van der Waals surface area (Å²) in [6.07, 6.45) is 4.54. The number of benzene rings is 2. The Morgan fingerprint density at radius 1 is 1.03 bits per heavy atom. The molecule has 0 saturated heterocycles. The van der Waals surface area contributed by atoms with Gasteiger partial charge in [-0.25, -0.2) is 9.38 Å². The Morgan fingerprint density at radius 3 is 2.69 bits per heavy atom. The third-order valence-electron chi connectivity index (χ3n) is 6.62. The Balaban J connectivity index is 1.30. The highest BCUT2D eigenvalue weighted by Gasteiger charge is 2.24. The molecule has 5 aromatic rings. The number of carbonyl (C=O) groups excluding carboxylic acids is 1. The van der Waals surface area contributed by atoms with Gasteiger partial charge in [0.25, 0.3) is 0 Å². The number of nitrogens with one attached hydrogen (secondary N) is 1. The second-order valence-corrected chi connectivity index (χ2v) is 12.1. The number of methoxy groups -OCH3 is 2.